The van der Waals surface area contributed by atoms with Crippen molar-refractivity contribution in [3.05, 3.63) is 10.6 Å². The maximum Gasteiger partial charge on any atom is 0.186 e. The Morgan fingerprint density at radius 2 is 2.17 bits per heavy atom. The van der Waals surface area contributed by atoms with E-state index < -0.39 is 0 Å². The molecule has 0 aliphatic carbocycles. The lowest BCUT2D eigenvalue weighted by Gasteiger charge is -2.37. The summed E-state index contributed by atoms with van der Waals surface area (Å²) in [6, 6.07) is 0.518. The van der Waals surface area contributed by atoms with Gasteiger partial charge in [0.25, 0.3) is 0 Å². The van der Waals surface area contributed by atoms with Gasteiger partial charge in [0.15, 0.2) is 11.4 Å². The zero-order valence-electron chi connectivity index (χ0n) is 11.6. The van der Waals surface area contributed by atoms with Crippen LogP contribution in [-0.2, 0) is 0 Å². The fourth-order valence-electron chi connectivity index (χ4n) is 2.56. The highest BCUT2D eigenvalue weighted by atomic mass is 32.1. The number of aldehydes is 1. The molecular formula is C14H22N2OS. The molecular weight excluding hydrogens is 244 g/mol. The van der Waals surface area contributed by atoms with E-state index in [1.165, 1.54) is 12.8 Å². The van der Waals surface area contributed by atoms with E-state index in [1.54, 1.807) is 11.3 Å². The SMILES string of the molecule is CC(C)c1nc(N2CCCC(C)C2C)sc1C=O. The Hall–Kier alpha value is -0.900. The number of nitrogens with zero attached hydrogens (tertiary/aromatic N) is 2. The molecule has 0 bridgehead atoms. The molecule has 100 valence electrons. The van der Waals surface area contributed by atoms with Crippen LogP contribution in [0.5, 0.6) is 0 Å². The molecule has 1 saturated heterocycles. The number of anilines is 1. The van der Waals surface area contributed by atoms with Crippen LogP contribution in [0.3, 0.4) is 0 Å². The number of thiazole rings is 1. The van der Waals surface area contributed by atoms with Crippen LogP contribution in [0.2, 0.25) is 0 Å². The molecule has 2 rings (SSSR count). The predicted molar refractivity (Wildman–Crippen MR) is 76.8 cm³/mol. The quantitative estimate of drug-likeness (QED) is 0.782. The summed E-state index contributed by atoms with van der Waals surface area (Å²) in [5.41, 5.74) is 0.954. The fourth-order valence-corrected chi connectivity index (χ4v) is 3.71. The largest absolute Gasteiger partial charge is 0.345 e. The van der Waals surface area contributed by atoms with Gasteiger partial charge in [-0.1, -0.05) is 32.1 Å². The molecule has 0 radical (unpaired) electrons. The van der Waals surface area contributed by atoms with Crippen molar-refractivity contribution in [3.8, 4) is 0 Å². The standard InChI is InChI=1S/C14H22N2OS/c1-9(2)13-12(8-17)18-14(15-13)16-7-5-6-10(3)11(16)4/h8-11H,5-7H2,1-4H3. The first-order valence-electron chi connectivity index (χ1n) is 6.77. The molecule has 0 spiro atoms. The number of piperidine rings is 1. The van der Waals surface area contributed by atoms with Gasteiger partial charge < -0.3 is 4.90 Å². The van der Waals surface area contributed by atoms with E-state index in [-0.39, 0.29) is 0 Å². The first-order chi connectivity index (χ1) is 8.54. The van der Waals surface area contributed by atoms with Gasteiger partial charge in [0.2, 0.25) is 0 Å². The Bertz CT molecular complexity index is 427. The lowest BCUT2D eigenvalue weighted by Crippen LogP contribution is -2.42. The second-order valence-electron chi connectivity index (χ2n) is 5.57. The number of carbonyl (C=O) groups excluding carboxylic acids is 1. The van der Waals surface area contributed by atoms with Crippen LogP contribution in [-0.4, -0.2) is 23.9 Å². The second-order valence-corrected chi connectivity index (χ2v) is 6.58. The minimum atomic E-state index is 0.313. The van der Waals surface area contributed by atoms with Gasteiger partial charge in [-0.05, 0) is 31.6 Å². The summed E-state index contributed by atoms with van der Waals surface area (Å²) in [7, 11) is 0. The Kier molecular flexibility index (Phi) is 4.05. The average Bonchev–Trinajstić information content (AvgIpc) is 2.76. The summed E-state index contributed by atoms with van der Waals surface area (Å²) in [5, 5.41) is 1.03. The van der Waals surface area contributed by atoms with E-state index in [2.05, 4.69) is 32.6 Å². The van der Waals surface area contributed by atoms with Crippen LogP contribution < -0.4 is 4.90 Å². The topological polar surface area (TPSA) is 33.2 Å². The third-order valence-corrected chi connectivity index (χ3v) is 4.98. The summed E-state index contributed by atoms with van der Waals surface area (Å²) in [6.07, 6.45) is 3.47. The molecule has 18 heavy (non-hydrogen) atoms. The molecule has 0 aromatic carbocycles. The van der Waals surface area contributed by atoms with Crippen LogP contribution in [0.4, 0.5) is 5.13 Å². The molecule has 1 aromatic rings. The van der Waals surface area contributed by atoms with Crippen molar-refractivity contribution >= 4 is 22.8 Å². The Balaban J connectivity index is 2.30. The van der Waals surface area contributed by atoms with Gasteiger partial charge in [-0.25, -0.2) is 4.98 Å². The van der Waals surface area contributed by atoms with Gasteiger partial charge in [0.1, 0.15) is 0 Å². The molecule has 2 unspecified atom stereocenters. The van der Waals surface area contributed by atoms with E-state index >= 15 is 0 Å². The molecule has 1 aliphatic rings. The van der Waals surface area contributed by atoms with Crippen LogP contribution >= 0.6 is 11.3 Å². The van der Waals surface area contributed by atoms with Gasteiger partial charge in [0.05, 0.1) is 10.6 Å². The summed E-state index contributed by atoms with van der Waals surface area (Å²) < 4.78 is 0. The highest BCUT2D eigenvalue weighted by Gasteiger charge is 2.28. The van der Waals surface area contributed by atoms with Crippen molar-refractivity contribution in [3.63, 3.8) is 0 Å². The zero-order valence-corrected chi connectivity index (χ0v) is 12.5. The monoisotopic (exact) mass is 266 g/mol. The van der Waals surface area contributed by atoms with Crippen LogP contribution in [0.15, 0.2) is 0 Å². The molecule has 4 heteroatoms. The molecule has 0 saturated carbocycles. The minimum Gasteiger partial charge on any atom is -0.345 e. The highest BCUT2D eigenvalue weighted by molar-refractivity contribution is 7.17. The van der Waals surface area contributed by atoms with Crippen LogP contribution in [0.1, 0.15) is 61.8 Å². The summed E-state index contributed by atoms with van der Waals surface area (Å²) in [4.78, 5) is 19.0. The van der Waals surface area contributed by atoms with Crippen molar-refractivity contribution in [2.75, 3.05) is 11.4 Å². The first-order valence-corrected chi connectivity index (χ1v) is 7.58. The first kappa shape index (κ1) is 13.5. The maximum atomic E-state index is 11.1. The Labute approximate surface area is 113 Å². The van der Waals surface area contributed by atoms with Crippen molar-refractivity contribution < 1.29 is 4.79 Å². The number of hydrogen-bond donors (Lipinski definition) is 0. The molecule has 1 fully saturated rings. The number of carbonyl (C=O) groups is 1. The van der Waals surface area contributed by atoms with Crippen molar-refractivity contribution in [1.29, 1.82) is 0 Å². The Morgan fingerprint density at radius 1 is 1.44 bits per heavy atom. The lowest BCUT2D eigenvalue weighted by molar-refractivity contribution is 0.112. The molecule has 0 amide bonds. The molecule has 2 atom stereocenters. The summed E-state index contributed by atoms with van der Waals surface area (Å²) in [5.74, 6) is 1.01. The molecule has 0 N–H and O–H groups in total. The average molecular weight is 266 g/mol. The third kappa shape index (κ3) is 2.44. The van der Waals surface area contributed by atoms with Gasteiger partial charge in [-0.3, -0.25) is 4.79 Å². The normalized spacial score (nSPS) is 24.6. The smallest absolute Gasteiger partial charge is 0.186 e. The highest BCUT2D eigenvalue weighted by Crippen LogP contribution is 2.34. The van der Waals surface area contributed by atoms with Crippen molar-refractivity contribution in [2.45, 2.75) is 52.5 Å². The number of hydrogen-bond acceptors (Lipinski definition) is 4. The number of aromatic nitrogens is 1. The van der Waals surface area contributed by atoms with Crippen LogP contribution in [0, 0.1) is 5.92 Å². The number of rotatable bonds is 3. The molecule has 1 aliphatic heterocycles. The van der Waals surface area contributed by atoms with E-state index in [9.17, 15) is 4.79 Å². The zero-order chi connectivity index (χ0) is 13.3. The Morgan fingerprint density at radius 3 is 2.72 bits per heavy atom. The van der Waals surface area contributed by atoms with Crippen LogP contribution in [0.25, 0.3) is 0 Å². The molecule has 2 heterocycles. The van der Waals surface area contributed by atoms with E-state index in [0.29, 0.717) is 17.9 Å². The van der Waals surface area contributed by atoms with E-state index in [4.69, 9.17) is 4.98 Å². The van der Waals surface area contributed by atoms with E-state index in [0.717, 1.165) is 28.5 Å². The van der Waals surface area contributed by atoms with E-state index in [1.807, 2.05) is 0 Å². The van der Waals surface area contributed by atoms with Gasteiger partial charge in [-0.2, -0.15) is 0 Å². The van der Waals surface area contributed by atoms with Crippen molar-refractivity contribution in [2.24, 2.45) is 5.92 Å². The molecule has 3 nitrogen and oxygen atoms in total. The maximum absolute atomic E-state index is 11.1. The summed E-state index contributed by atoms with van der Waals surface area (Å²) >= 11 is 1.55. The third-order valence-electron chi connectivity index (χ3n) is 3.94. The lowest BCUT2D eigenvalue weighted by atomic mass is 9.92. The summed E-state index contributed by atoms with van der Waals surface area (Å²) in [6.45, 7) is 9.81. The van der Waals surface area contributed by atoms with Gasteiger partial charge in [-0.15, -0.1) is 0 Å². The van der Waals surface area contributed by atoms with Gasteiger partial charge in [0, 0.05) is 12.6 Å². The molecule has 1 aromatic heterocycles. The van der Waals surface area contributed by atoms with Crippen molar-refractivity contribution in [1.82, 2.24) is 4.98 Å². The second kappa shape index (κ2) is 5.39. The van der Waals surface area contributed by atoms with Gasteiger partial charge >= 0.3 is 0 Å². The minimum absolute atomic E-state index is 0.313. The predicted octanol–water partition coefficient (Wildman–Crippen LogP) is 3.70. The fraction of sp³-hybridized carbons (Fsp3) is 0.714.